The van der Waals surface area contributed by atoms with Crippen LogP contribution in [-0.4, -0.2) is 57.3 Å². The van der Waals surface area contributed by atoms with Gasteiger partial charge in [-0.3, -0.25) is 4.79 Å². The lowest BCUT2D eigenvalue weighted by molar-refractivity contribution is -0.132. The van der Waals surface area contributed by atoms with Crippen molar-refractivity contribution in [2.75, 3.05) is 6.61 Å². The number of amides is 1. The van der Waals surface area contributed by atoms with Crippen molar-refractivity contribution in [3.05, 3.63) is 24.3 Å². The van der Waals surface area contributed by atoms with Gasteiger partial charge in [0.15, 0.2) is 0 Å². The molecule has 0 bridgehead atoms. The number of carbonyl (C=O) groups is 1. The highest BCUT2D eigenvalue weighted by atomic mass is 16.3. The molecule has 0 aliphatic carbocycles. The fourth-order valence-electron chi connectivity index (χ4n) is 8.40. The molecule has 4 unspecified atom stereocenters. The van der Waals surface area contributed by atoms with E-state index in [1.54, 1.807) is 0 Å². The fourth-order valence-corrected chi connectivity index (χ4v) is 8.40. The number of aliphatic hydroxyl groups excluding tert-OH is 4. The van der Waals surface area contributed by atoms with E-state index in [9.17, 15) is 25.2 Å². The van der Waals surface area contributed by atoms with Crippen LogP contribution in [0, 0.1) is 0 Å². The molecule has 0 spiro atoms. The molecule has 0 aromatic rings. The summed E-state index contributed by atoms with van der Waals surface area (Å²) >= 11 is 0. The SMILES string of the molecule is CCCCC/C=C/CCCC(O)C(O)C(CO)NC(=O)C(O)CCCCCCCCCCCCCCCCCC/C=C\CCCCCCCCCCCCCCCCCC. The Labute approximate surface area is 374 Å². The van der Waals surface area contributed by atoms with E-state index in [-0.39, 0.29) is 0 Å². The summed E-state index contributed by atoms with van der Waals surface area (Å²) in [5.41, 5.74) is 0. The Morgan fingerprint density at radius 2 is 0.683 bits per heavy atom. The van der Waals surface area contributed by atoms with Gasteiger partial charge >= 0.3 is 0 Å². The van der Waals surface area contributed by atoms with E-state index in [1.165, 1.54) is 218 Å². The first kappa shape index (κ1) is 58.8. The summed E-state index contributed by atoms with van der Waals surface area (Å²) in [6.45, 7) is 3.99. The normalized spacial score (nSPS) is 14.0. The lowest BCUT2D eigenvalue weighted by Gasteiger charge is -2.27. The van der Waals surface area contributed by atoms with E-state index in [1.807, 2.05) is 0 Å². The predicted octanol–water partition coefficient (Wildman–Crippen LogP) is 15.1. The van der Waals surface area contributed by atoms with Crippen LogP contribution in [0.25, 0.3) is 0 Å². The fraction of sp³-hybridized carbons (Fsp3) is 0.907. The molecule has 0 aromatic heterocycles. The molecule has 0 saturated heterocycles. The summed E-state index contributed by atoms with van der Waals surface area (Å²) in [4.78, 5) is 12.5. The van der Waals surface area contributed by atoms with Gasteiger partial charge in [0.1, 0.15) is 12.2 Å². The highest BCUT2D eigenvalue weighted by Gasteiger charge is 2.28. The molecule has 4 atom stereocenters. The second-order valence-corrected chi connectivity index (χ2v) is 18.6. The van der Waals surface area contributed by atoms with Crippen LogP contribution in [0.3, 0.4) is 0 Å². The quantitative estimate of drug-likeness (QED) is 0.0309. The van der Waals surface area contributed by atoms with Gasteiger partial charge < -0.3 is 25.7 Å². The number of rotatable bonds is 49. The molecule has 6 heteroatoms. The minimum atomic E-state index is -1.28. The van der Waals surface area contributed by atoms with Gasteiger partial charge in [-0.2, -0.15) is 0 Å². The predicted molar refractivity (Wildman–Crippen MR) is 261 cm³/mol. The third-order valence-corrected chi connectivity index (χ3v) is 12.6. The molecule has 0 saturated carbocycles. The van der Waals surface area contributed by atoms with Gasteiger partial charge in [0.25, 0.3) is 0 Å². The van der Waals surface area contributed by atoms with Gasteiger partial charge in [-0.25, -0.2) is 0 Å². The maximum Gasteiger partial charge on any atom is 0.249 e. The van der Waals surface area contributed by atoms with Gasteiger partial charge in [-0.15, -0.1) is 0 Å². The van der Waals surface area contributed by atoms with Crippen LogP contribution in [0.1, 0.15) is 284 Å². The van der Waals surface area contributed by atoms with E-state index in [4.69, 9.17) is 0 Å². The minimum Gasteiger partial charge on any atom is -0.394 e. The van der Waals surface area contributed by atoms with Gasteiger partial charge in [-0.05, 0) is 64.2 Å². The second kappa shape index (κ2) is 48.8. The van der Waals surface area contributed by atoms with Crippen molar-refractivity contribution in [3.8, 4) is 0 Å². The highest BCUT2D eigenvalue weighted by molar-refractivity contribution is 5.80. The first-order valence-electron chi connectivity index (χ1n) is 26.7. The molecule has 5 N–H and O–H groups in total. The van der Waals surface area contributed by atoms with E-state index in [0.29, 0.717) is 12.8 Å². The lowest BCUT2D eigenvalue weighted by atomic mass is 10.00. The molecular weight excluding hydrogens is 743 g/mol. The third kappa shape index (κ3) is 42.1. The molecule has 0 heterocycles. The summed E-state index contributed by atoms with van der Waals surface area (Å²) in [5.74, 6) is -0.593. The number of nitrogens with one attached hydrogen (secondary N) is 1. The Balaban J connectivity index is 3.47. The molecule has 0 aliphatic rings. The van der Waals surface area contributed by atoms with E-state index in [0.717, 1.165) is 38.5 Å². The van der Waals surface area contributed by atoms with Crippen molar-refractivity contribution in [2.24, 2.45) is 0 Å². The Bertz CT molecular complexity index is 909. The summed E-state index contributed by atoms with van der Waals surface area (Å²) in [6, 6.07) is -0.998. The molecule has 0 radical (unpaired) electrons. The summed E-state index contributed by atoms with van der Waals surface area (Å²) in [7, 11) is 0. The van der Waals surface area contributed by atoms with Crippen LogP contribution >= 0.6 is 0 Å². The van der Waals surface area contributed by atoms with Crippen LogP contribution in [-0.2, 0) is 4.79 Å². The largest absolute Gasteiger partial charge is 0.394 e. The zero-order valence-electron chi connectivity index (χ0n) is 40.2. The summed E-state index contributed by atoms with van der Waals surface area (Å²) in [6.07, 6.45) is 58.6. The van der Waals surface area contributed by atoms with Crippen LogP contribution in [0.5, 0.6) is 0 Å². The zero-order valence-corrected chi connectivity index (χ0v) is 40.2. The first-order chi connectivity index (χ1) is 29.5. The monoisotopic (exact) mass is 848 g/mol. The van der Waals surface area contributed by atoms with Crippen molar-refractivity contribution >= 4 is 5.91 Å². The smallest absolute Gasteiger partial charge is 0.249 e. The van der Waals surface area contributed by atoms with Crippen molar-refractivity contribution in [2.45, 2.75) is 308 Å². The van der Waals surface area contributed by atoms with Crippen molar-refractivity contribution in [3.63, 3.8) is 0 Å². The Kier molecular flexibility index (Phi) is 47.8. The van der Waals surface area contributed by atoms with Crippen LogP contribution in [0.2, 0.25) is 0 Å². The lowest BCUT2D eigenvalue weighted by Crippen LogP contribution is -2.53. The topological polar surface area (TPSA) is 110 Å². The van der Waals surface area contributed by atoms with E-state index < -0.39 is 36.9 Å². The number of unbranched alkanes of at least 4 members (excludes halogenated alkanes) is 36. The molecule has 356 valence electrons. The van der Waals surface area contributed by atoms with Gasteiger partial charge in [-0.1, -0.05) is 244 Å². The molecule has 0 fully saturated rings. The molecular formula is C54H105NO5. The van der Waals surface area contributed by atoms with E-state index in [2.05, 4.69) is 43.5 Å². The van der Waals surface area contributed by atoms with Crippen LogP contribution < -0.4 is 5.32 Å². The maximum absolute atomic E-state index is 12.5. The second-order valence-electron chi connectivity index (χ2n) is 18.6. The number of allylic oxidation sites excluding steroid dienone is 4. The first-order valence-corrected chi connectivity index (χ1v) is 26.7. The standard InChI is InChI=1S/C54H105NO5/c1-3-5-7-9-11-13-14-15-16-17-18-19-20-21-22-23-24-25-26-27-28-29-30-31-32-33-34-35-36-37-38-39-40-42-44-46-48-52(58)54(60)55-50(49-56)53(59)51(57)47-45-43-41-12-10-8-6-4-2/h12,25-26,41,50-53,56-59H,3-11,13-24,27-40,42-49H2,1-2H3,(H,55,60)/b26-25-,41-12+. The molecule has 0 rings (SSSR count). The van der Waals surface area contributed by atoms with Gasteiger partial charge in [0, 0.05) is 0 Å². The van der Waals surface area contributed by atoms with Crippen LogP contribution in [0.4, 0.5) is 0 Å². The van der Waals surface area contributed by atoms with Gasteiger partial charge in [0.05, 0.1) is 18.8 Å². The molecule has 6 nitrogen and oxygen atoms in total. The maximum atomic E-state index is 12.5. The number of hydrogen-bond donors (Lipinski definition) is 5. The highest BCUT2D eigenvalue weighted by Crippen LogP contribution is 2.17. The third-order valence-electron chi connectivity index (χ3n) is 12.6. The zero-order chi connectivity index (χ0) is 43.8. The minimum absolute atomic E-state index is 0.365. The average Bonchev–Trinajstić information content (AvgIpc) is 3.25. The number of carbonyl (C=O) groups excluding carboxylic acids is 1. The Morgan fingerprint density at radius 1 is 0.400 bits per heavy atom. The van der Waals surface area contributed by atoms with Crippen molar-refractivity contribution in [1.29, 1.82) is 0 Å². The van der Waals surface area contributed by atoms with E-state index >= 15 is 0 Å². The summed E-state index contributed by atoms with van der Waals surface area (Å²) < 4.78 is 0. The molecule has 1 amide bonds. The molecule has 0 aromatic carbocycles. The summed E-state index contributed by atoms with van der Waals surface area (Å²) in [5, 5.41) is 43.5. The van der Waals surface area contributed by atoms with Crippen molar-refractivity contribution < 1.29 is 25.2 Å². The molecule has 60 heavy (non-hydrogen) atoms. The molecule has 0 aliphatic heterocycles. The Hall–Kier alpha value is -1.21. The van der Waals surface area contributed by atoms with Crippen LogP contribution in [0.15, 0.2) is 24.3 Å². The Morgan fingerprint density at radius 3 is 1.03 bits per heavy atom. The van der Waals surface area contributed by atoms with Gasteiger partial charge in [0.2, 0.25) is 5.91 Å². The van der Waals surface area contributed by atoms with Crippen molar-refractivity contribution in [1.82, 2.24) is 5.32 Å². The number of hydrogen-bond acceptors (Lipinski definition) is 5. The number of aliphatic hydroxyl groups is 4. The average molecular weight is 848 g/mol.